The van der Waals surface area contributed by atoms with Crippen LogP contribution in [-0.2, 0) is 11.3 Å². The summed E-state index contributed by atoms with van der Waals surface area (Å²) in [5, 5.41) is 0.433. The van der Waals surface area contributed by atoms with E-state index < -0.39 is 17.8 Å². The molecule has 0 aromatic heterocycles. The Morgan fingerprint density at radius 1 is 1.30 bits per heavy atom. The van der Waals surface area contributed by atoms with Crippen molar-refractivity contribution < 1.29 is 22.7 Å². The van der Waals surface area contributed by atoms with Crippen molar-refractivity contribution in [2.45, 2.75) is 32.7 Å². The Hall–Kier alpha value is -1.93. The molecule has 3 rings (SSSR count). The number of nitrogens with zero attached hydrogens (tertiary/aromatic N) is 3. The van der Waals surface area contributed by atoms with E-state index in [2.05, 4.69) is 4.99 Å². The number of carbonyl (C=O) groups excluding carboxylic acids is 1. The molecule has 1 aromatic rings. The van der Waals surface area contributed by atoms with E-state index in [1.807, 2.05) is 13.8 Å². The number of fused-ring (bicyclic) bond motifs is 1. The number of hydrogen-bond acceptors (Lipinski definition) is 4. The Morgan fingerprint density at radius 3 is 2.63 bits per heavy atom. The summed E-state index contributed by atoms with van der Waals surface area (Å²) in [7, 11) is 0. The second kappa shape index (κ2) is 7.24. The molecule has 0 aliphatic carbocycles. The lowest BCUT2D eigenvalue weighted by Crippen LogP contribution is -2.50. The van der Waals surface area contributed by atoms with E-state index in [1.165, 1.54) is 0 Å². The minimum Gasteiger partial charge on any atom is -0.491 e. The van der Waals surface area contributed by atoms with Crippen LogP contribution in [0.25, 0.3) is 0 Å². The molecule has 0 spiro atoms. The van der Waals surface area contributed by atoms with Gasteiger partial charge in [0.25, 0.3) is 5.91 Å². The van der Waals surface area contributed by atoms with Gasteiger partial charge in [0.05, 0.1) is 29.2 Å². The first kappa shape index (κ1) is 19.8. The van der Waals surface area contributed by atoms with E-state index in [0.717, 1.165) is 9.80 Å². The monoisotopic (exact) mass is 421 g/mol. The molecule has 0 saturated carbocycles. The van der Waals surface area contributed by atoms with Gasteiger partial charge in [-0.1, -0.05) is 23.2 Å². The van der Waals surface area contributed by atoms with Crippen LogP contribution in [0, 0.1) is 0 Å². The lowest BCUT2D eigenvalue weighted by Gasteiger charge is -2.35. The number of ether oxygens (including phenoxy) is 1. The fourth-order valence-electron chi connectivity index (χ4n) is 2.89. The highest BCUT2D eigenvalue weighted by molar-refractivity contribution is 6.42. The molecule has 0 atom stereocenters. The molecule has 10 heteroatoms. The largest absolute Gasteiger partial charge is 0.491 e. The van der Waals surface area contributed by atoms with Crippen LogP contribution in [0.4, 0.5) is 13.2 Å². The van der Waals surface area contributed by atoms with Crippen LogP contribution in [0.3, 0.4) is 0 Å². The van der Waals surface area contributed by atoms with Gasteiger partial charge in [-0.15, -0.1) is 0 Å². The Morgan fingerprint density at radius 2 is 2.00 bits per heavy atom. The lowest BCUT2D eigenvalue weighted by molar-refractivity contribution is -0.129. The fourth-order valence-corrected chi connectivity index (χ4v) is 3.29. The van der Waals surface area contributed by atoms with Gasteiger partial charge in [0.1, 0.15) is 11.4 Å². The topological polar surface area (TPSA) is 45.1 Å². The Bertz CT molecular complexity index is 837. The van der Waals surface area contributed by atoms with Crippen LogP contribution in [0.5, 0.6) is 5.75 Å². The number of aliphatic imine (C=N–C) groups is 1. The molecule has 0 fully saturated rings. The van der Waals surface area contributed by atoms with Gasteiger partial charge in [-0.25, -0.2) is 0 Å². The molecule has 2 aliphatic rings. The van der Waals surface area contributed by atoms with E-state index in [1.54, 1.807) is 12.1 Å². The Labute approximate surface area is 164 Å². The van der Waals surface area contributed by atoms with E-state index in [9.17, 15) is 18.0 Å². The first-order valence-corrected chi connectivity index (χ1v) is 8.90. The number of carbonyl (C=O) groups is 1. The number of amides is 1. The summed E-state index contributed by atoms with van der Waals surface area (Å²) < 4.78 is 45.2. The summed E-state index contributed by atoms with van der Waals surface area (Å²) in [6.45, 7) is 3.81. The van der Waals surface area contributed by atoms with Crippen LogP contribution in [0.15, 0.2) is 28.9 Å². The molecule has 2 heterocycles. The molecule has 1 aromatic carbocycles. The summed E-state index contributed by atoms with van der Waals surface area (Å²) in [6, 6.07) is 3.16. The smallest absolute Gasteiger partial charge is 0.431 e. The maximum atomic E-state index is 13.2. The maximum Gasteiger partial charge on any atom is 0.431 e. The fraction of sp³-hybridized carbons (Fsp3) is 0.412. The quantitative estimate of drug-likeness (QED) is 0.730. The van der Waals surface area contributed by atoms with Crippen LogP contribution >= 0.6 is 23.2 Å². The van der Waals surface area contributed by atoms with Gasteiger partial charge in [-0.05, 0) is 25.5 Å². The van der Waals surface area contributed by atoms with Gasteiger partial charge in [-0.3, -0.25) is 14.7 Å². The van der Waals surface area contributed by atoms with E-state index in [4.69, 9.17) is 27.9 Å². The Kier molecular flexibility index (Phi) is 5.31. The molecule has 0 N–H and O–H groups in total. The highest BCUT2D eigenvalue weighted by Crippen LogP contribution is 2.36. The maximum absolute atomic E-state index is 13.2. The zero-order valence-corrected chi connectivity index (χ0v) is 16.0. The van der Waals surface area contributed by atoms with Crippen molar-refractivity contribution in [3.05, 3.63) is 39.5 Å². The van der Waals surface area contributed by atoms with Gasteiger partial charge in [0.2, 0.25) is 5.96 Å². The molecule has 5 nitrogen and oxygen atoms in total. The summed E-state index contributed by atoms with van der Waals surface area (Å²) >= 11 is 12.4. The predicted octanol–water partition coefficient (Wildman–Crippen LogP) is 4.24. The number of alkyl halides is 3. The van der Waals surface area contributed by atoms with Gasteiger partial charge in [0, 0.05) is 18.7 Å². The zero-order chi connectivity index (χ0) is 19.9. The van der Waals surface area contributed by atoms with E-state index >= 15 is 0 Å². The molecular weight excluding hydrogens is 406 g/mol. The number of benzene rings is 1. The average Bonchev–Trinajstić information content (AvgIpc) is 3.01. The Balaban J connectivity index is 1.95. The summed E-state index contributed by atoms with van der Waals surface area (Å²) in [5.74, 6) is -0.408. The van der Waals surface area contributed by atoms with Crippen molar-refractivity contribution in [1.82, 2.24) is 9.80 Å². The van der Waals surface area contributed by atoms with Crippen LogP contribution in [-0.4, -0.2) is 47.0 Å². The molecule has 2 aliphatic heterocycles. The second-order valence-corrected chi connectivity index (χ2v) is 7.12. The number of halogens is 5. The molecule has 0 saturated heterocycles. The second-order valence-electron chi connectivity index (χ2n) is 6.33. The third-order valence-corrected chi connectivity index (χ3v) is 4.79. The zero-order valence-electron chi connectivity index (χ0n) is 14.5. The molecule has 0 bridgehead atoms. The van der Waals surface area contributed by atoms with Gasteiger partial charge >= 0.3 is 6.18 Å². The third kappa shape index (κ3) is 4.01. The van der Waals surface area contributed by atoms with Crippen molar-refractivity contribution in [1.29, 1.82) is 0 Å². The molecule has 1 amide bonds. The number of rotatable bonds is 4. The van der Waals surface area contributed by atoms with Crippen LogP contribution < -0.4 is 4.74 Å². The van der Waals surface area contributed by atoms with Crippen molar-refractivity contribution in [3.8, 4) is 5.75 Å². The summed E-state index contributed by atoms with van der Waals surface area (Å²) in [4.78, 5) is 18.6. The molecule has 146 valence electrons. The highest BCUT2D eigenvalue weighted by Gasteiger charge is 2.46. The SMILES string of the molecule is CC(C)Oc1cc(Cl)c(Cl)c(CN2C(=O)C=C(C(F)(F)F)N3CCN=C23)c1. The van der Waals surface area contributed by atoms with Gasteiger partial charge in [-0.2, -0.15) is 13.2 Å². The standard InChI is InChI=1S/C17H16Cl2F3N3O2/c1-9(2)27-11-5-10(15(19)12(18)6-11)8-25-14(26)7-13(17(20,21)22)24-4-3-23-16(24)25/h5-7,9H,3-4,8H2,1-2H3. The predicted molar refractivity (Wildman–Crippen MR) is 95.9 cm³/mol. The molecular formula is C17H16Cl2F3N3O2. The number of guanidine groups is 1. The number of hydrogen-bond donors (Lipinski definition) is 0. The van der Waals surface area contributed by atoms with Crippen LogP contribution in [0.1, 0.15) is 19.4 Å². The van der Waals surface area contributed by atoms with Gasteiger partial charge in [0.15, 0.2) is 0 Å². The normalized spacial score (nSPS) is 17.3. The minimum absolute atomic E-state index is 0.0443. The third-order valence-electron chi connectivity index (χ3n) is 3.94. The first-order valence-electron chi connectivity index (χ1n) is 8.15. The van der Waals surface area contributed by atoms with Crippen molar-refractivity contribution >= 4 is 35.1 Å². The molecule has 27 heavy (non-hydrogen) atoms. The van der Waals surface area contributed by atoms with Crippen molar-refractivity contribution in [2.24, 2.45) is 4.99 Å². The van der Waals surface area contributed by atoms with Crippen LogP contribution in [0.2, 0.25) is 10.0 Å². The van der Waals surface area contributed by atoms with Gasteiger partial charge < -0.3 is 9.64 Å². The lowest BCUT2D eigenvalue weighted by atomic mass is 10.1. The van der Waals surface area contributed by atoms with E-state index in [0.29, 0.717) is 17.4 Å². The number of allylic oxidation sites excluding steroid dienone is 1. The first-order chi connectivity index (χ1) is 12.6. The minimum atomic E-state index is -4.64. The van der Waals surface area contributed by atoms with E-state index in [-0.39, 0.29) is 41.7 Å². The van der Waals surface area contributed by atoms with Crippen molar-refractivity contribution in [3.63, 3.8) is 0 Å². The average molecular weight is 422 g/mol. The molecule has 0 radical (unpaired) electrons. The summed E-state index contributed by atoms with van der Waals surface area (Å²) in [5.41, 5.74) is -0.562. The van der Waals surface area contributed by atoms with Crippen molar-refractivity contribution in [2.75, 3.05) is 13.1 Å². The summed E-state index contributed by atoms with van der Waals surface area (Å²) in [6.07, 6.45) is -4.17. The molecule has 0 unspecified atom stereocenters. The highest BCUT2D eigenvalue weighted by atomic mass is 35.5.